The van der Waals surface area contributed by atoms with E-state index >= 15 is 0 Å². The number of primary amides is 2. The van der Waals surface area contributed by atoms with Crippen molar-refractivity contribution in [2.75, 3.05) is 12.1 Å². The first-order valence-electron chi connectivity index (χ1n) is 6.37. The molecule has 0 fully saturated rings. The first kappa shape index (κ1) is 14.2. The molecule has 0 saturated heterocycles. The molecule has 7 nitrogen and oxygen atoms in total. The first-order chi connectivity index (χ1) is 10.5. The number of carbonyl (C=O) groups is 2. The van der Waals surface area contributed by atoms with E-state index in [-0.39, 0.29) is 12.4 Å². The number of nitrogens with one attached hydrogen (secondary N) is 1. The Hall–Kier alpha value is -2.74. The van der Waals surface area contributed by atoms with E-state index < -0.39 is 11.9 Å². The van der Waals surface area contributed by atoms with Gasteiger partial charge in [0.25, 0.3) is 5.91 Å². The topological polar surface area (TPSA) is 117 Å². The van der Waals surface area contributed by atoms with Crippen molar-refractivity contribution in [1.29, 1.82) is 0 Å². The second-order valence-corrected chi connectivity index (χ2v) is 5.70. The van der Waals surface area contributed by atoms with Crippen molar-refractivity contribution in [2.45, 2.75) is 6.92 Å². The van der Waals surface area contributed by atoms with Gasteiger partial charge in [-0.15, -0.1) is 11.3 Å². The number of nitrogens with two attached hydrogens (primary N) is 2. The minimum Gasteiger partial charge on any atom is -0.454 e. The van der Waals surface area contributed by atoms with Gasteiger partial charge in [-0.25, -0.2) is 4.79 Å². The van der Waals surface area contributed by atoms with E-state index in [0.717, 1.165) is 10.4 Å². The van der Waals surface area contributed by atoms with Crippen LogP contribution in [0.1, 0.15) is 15.9 Å². The number of thiophene rings is 1. The minimum absolute atomic E-state index is 0.184. The highest BCUT2D eigenvalue weighted by atomic mass is 32.1. The van der Waals surface area contributed by atoms with E-state index in [4.69, 9.17) is 20.9 Å². The number of hydrogen-bond acceptors (Lipinski definition) is 5. The summed E-state index contributed by atoms with van der Waals surface area (Å²) in [5.41, 5.74) is 12.3. The Balaban J connectivity index is 2.11. The Morgan fingerprint density at radius 2 is 1.95 bits per heavy atom. The molecule has 0 unspecified atom stereocenters. The standard InChI is InChI=1S/C14H13N3O4S/c1-6-10(12(15)18)13(17-14(16)19)22-11(6)7-2-3-8-9(4-7)21-5-20-8/h2-4H,5H2,1H3,(H2,15,18)(H3,16,17,19). The van der Waals surface area contributed by atoms with Crippen LogP contribution in [0.15, 0.2) is 18.2 Å². The number of ether oxygens (including phenoxy) is 2. The predicted octanol–water partition coefficient (Wildman–Crippen LogP) is 2.04. The molecular formula is C14H13N3O4S. The lowest BCUT2D eigenvalue weighted by Crippen LogP contribution is -2.21. The van der Waals surface area contributed by atoms with Crippen LogP contribution in [0, 0.1) is 6.92 Å². The highest BCUT2D eigenvalue weighted by molar-refractivity contribution is 7.20. The molecule has 0 aliphatic carbocycles. The molecule has 1 aliphatic rings. The summed E-state index contributed by atoms with van der Waals surface area (Å²) in [5, 5.41) is 2.78. The maximum atomic E-state index is 11.6. The molecule has 0 atom stereocenters. The monoisotopic (exact) mass is 319 g/mol. The highest BCUT2D eigenvalue weighted by Gasteiger charge is 2.22. The van der Waals surface area contributed by atoms with E-state index in [1.54, 1.807) is 13.0 Å². The summed E-state index contributed by atoms with van der Waals surface area (Å²) in [5.74, 6) is 0.684. The number of carbonyl (C=O) groups excluding carboxylic acids is 2. The van der Waals surface area contributed by atoms with Crippen LogP contribution in [0.2, 0.25) is 0 Å². The number of hydrogen-bond donors (Lipinski definition) is 3. The van der Waals surface area contributed by atoms with Gasteiger partial charge in [0.15, 0.2) is 11.5 Å². The van der Waals surface area contributed by atoms with Crippen molar-refractivity contribution in [3.05, 3.63) is 29.3 Å². The van der Waals surface area contributed by atoms with Crippen LogP contribution in [0.3, 0.4) is 0 Å². The molecule has 0 saturated carbocycles. The van der Waals surface area contributed by atoms with Crippen molar-refractivity contribution in [3.63, 3.8) is 0 Å². The molecule has 1 aliphatic heterocycles. The molecule has 0 spiro atoms. The summed E-state index contributed by atoms with van der Waals surface area (Å²) in [6.45, 7) is 1.95. The Bertz CT molecular complexity index is 785. The zero-order valence-corrected chi connectivity index (χ0v) is 12.5. The van der Waals surface area contributed by atoms with E-state index in [2.05, 4.69) is 5.32 Å². The molecule has 3 amide bonds. The van der Waals surface area contributed by atoms with Gasteiger partial charge in [0.2, 0.25) is 6.79 Å². The Labute approximate surface area is 129 Å². The van der Waals surface area contributed by atoms with Crippen molar-refractivity contribution in [1.82, 2.24) is 0 Å². The number of rotatable bonds is 3. The lowest BCUT2D eigenvalue weighted by molar-refractivity contribution is 0.100. The third-order valence-electron chi connectivity index (χ3n) is 3.26. The molecule has 8 heteroatoms. The lowest BCUT2D eigenvalue weighted by atomic mass is 10.1. The molecule has 1 aromatic heterocycles. The molecular weight excluding hydrogens is 306 g/mol. The van der Waals surface area contributed by atoms with Crippen LogP contribution >= 0.6 is 11.3 Å². The van der Waals surface area contributed by atoms with Gasteiger partial charge in [-0.3, -0.25) is 10.1 Å². The number of urea groups is 1. The highest BCUT2D eigenvalue weighted by Crippen LogP contribution is 2.43. The molecule has 2 heterocycles. The van der Waals surface area contributed by atoms with E-state index in [0.29, 0.717) is 22.1 Å². The van der Waals surface area contributed by atoms with Crippen LogP contribution in [0.4, 0.5) is 9.80 Å². The van der Waals surface area contributed by atoms with E-state index in [1.807, 2.05) is 12.1 Å². The minimum atomic E-state index is -0.749. The van der Waals surface area contributed by atoms with Gasteiger partial charge in [-0.1, -0.05) is 0 Å². The quantitative estimate of drug-likeness (QED) is 0.802. The third-order valence-corrected chi connectivity index (χ3v) is 4.52. The van der Waals surface area contributed by atoms with Gasteiger partial charge in [0.05, 0.1) is 5.56 Å². The van der Waals surface area contributed by atoms with Crippen molar-refractivity contribution >= 4 is 28.3 Å². The van der Waals surface area contributed by atoms with E-state index in [1.165, 1.54) is 11.3 Å². The maximum Gasteiger partial charge on any atom is 0.317 e. The predicted molar refractivity (Wildman–Crippen MR) is 82.3 cm³/mol. The molecule has 0 radical (unpaired) electrons. The molecule has 114 valence electrons. The molecule has 22 heavy (non-hydrogen) atoms. The van der Waals surface area contributed by atoms with Crippen LogP contribution < -0.4 is 26.3 Å². The van der Waals surface area contributed by atoms with Gasteiger partial charge < -0.3 is 20.9 Å². The Morgan fingerprint density at radius 1 is 1.23 bits per heavy atom. The summed E-state index contributed by atoms with van der Waals surface area (Å²) in [4.78, 5) is 23.5. The summed E-state index contributed by atoms with van der Waals surface area (Å²) in [7, 11) is 0. The molecule has 5 N–H and O–H groups in total. The van der Waals surface area contributed by atoms with Gasteiger partial charge >= 0.3 is 6.03 Å². The molecule has 3 rings (SSSR count). The van der Waals surface area contributed by atoms with Crippen LogP contribution in [-0.2, 0) is 0 Å². The average Bonchev–Trinajstić information content (AvgIpc) is 3.01. The summed E-state index contributed by atoms with van der Waals surface area (Å²) >= 11 is 1.23. The number of benzene rings is 1. The Morgan fingerprint density at radius 3 is 2.64 bits per heavy atom. The third kappa shape index (κ3) is 2.33. The second kappa shape index (κ2) is 5.23. The average molecular weight is 319 g/mol. The smallest absolute Gasteiger partial charge is 0.317 e. The summed E-state index contributed by atoms with van der Waals surface area (Å²) in [6.07, 6.45) is 0. The van der Waals surface area contributed by atoms with Crippen LogP contribution in [-0.4, -0.2) is 18.7 Å². The summed E-state index contributed by atoms with van der Waals surface area (Å²) < 4.78 is 10.6. The fourth-order valence-electron chi connectivity index (χ4n) is 2.32. The van der Waals surface area contributed by atoms with Gasteiger partial charge in [0, 0.05) is 4.88 Å². The summed E-state index contributed by atoms with van der Waals surface area (Å²) in [6, 6.07) is 4.72. The SMILES string of the molecule is Cc1c(-c2ccc3c(c2)OCO3)sc(NC(N)=O)c1C(N)=O. The number of fused-ring (bicyclic) bond motifs is 1. The molecule has 0 bridgehead atoms. The number of anilines is 1. The lowest BCUT2D eigenvalue weighted by Gasteiger charge is -2.02. The first-order valence-corrected chi connectivity index (χ1v) is 7.18. The largest absolute Gasteiger partial charge is 0.454 e. The van der Waals surface area contributed by atoms with Crippen LogP contribution in [0.25, 0.3) is 10.4 Å². The fraction of sp³-hybridized carbons (Fsp3) is 0.143. The van der Waals surface area contributed by atoms with Crippen molar-refractivity contribution in [3.8, 4) is 21.9 Å². The van der Waals surface area contributed by atoms with Crippen LogP contribution in [0.5, 0.6) is 11.5 Å². The van der Waals surface area contributed by atoms with Gasteiger partial charge in [-0.05, 0) is 36.2 Å². The number of amides is 3. The zero-order valence-electron chi connectivity index (χ0n) is 11.6. The van der Waals surface area contributed by atoms with Crippen molar-refractivity contribution in [2.24, 2.45) is 11.5 Å². The zero-order chi connectivity index (χ0) is 15.9. The Kier molecular flexibility index (Phi) is 3.38. The van der Waals surface area contributed by atoms with Gasteiger partial charge in [-0.2, -0.15) is 0 Å². The molecule has 1 aromatic carbocycles. The van der Waals surface area contributed by atoms with Crippen molar-refractivity contribution < 1.29 is 19.1 Å². The normalized spacial score (nSPS) is 12.2. The molecule has 2 aromatic rings. The van der Waals surface area contributed by atoms with Gasteiger partial charge in [0.1, 0.15) is 5.00 Å². The fourth-order valence-corrected chi connectivity index (χ4v) is 3.53. The maximum absolute atomic E-state index is 11.6. The second-order valence-electron chi connectivity index (χ2n) is 4.68. The van der Waals surface area contributed by atoms with E-state index in [9.17, 15) is 9.59 Å².